The van der Waals surface area contributed by atoms with Gasteiger partial charge in [-0.05, 0) is 12.5 Å². The molecule has 2 N–H and O–H groups in total. The standard InChI is InChI=1S/C8H10N2O/c1-7(9-10-11)8-5-3-2-4-6-8/h2-6,10-11H,1H3. The van der Waals surface area contributed by atoms with Crippen molar-refractivity contribution in [2.24, 2.45) is 5.10 Å². The topological polar surface area (TPSA) is 44.6 Å². The zero-order valence-corrected chi connectivity index (χ0v) is 6.28. The van der Waals surface area contributed by atoms with Gasteiger partial charge >= 0.3 is 0 Å². The molecule has 0 amide bonds. The summed E-state index contributed by atoms with van der Waals surface area (Å²) in [6, 6.07) is 9.63. The van der Waals surface area contributed by atoms with Gasteiger partial charge in [0.15, 0.2) is 0 Å². The number of benzene rings is 1. The number of hydrazone groups is 1. The van der Waals surface area contributed by atoms with Crippen molar-refractivity contribution in [2.45, 2.75) is 6.92 Å². The van der Waals surface area contributed by atoms with Gasteiger partial charge in [-0.1, -0.05) is 30.3 Å². The second-order valence-electron chi connectivity index (χ2n) is 2.16. The van der Waals surface area contributed by atoms with E-state index in [1.54, 1.807) is 5.59 Å². The van der Waals surface area contributed by atoms with Crippen LogP contribution in [0.2, 0.25) is 0 Å². The Morgan fingerprint density at radius 3 is 2.55 bits per heavy atom. The van der Waals surface area contributed by atoms with Crippen LogP contribution in [-0.2, 0) is 0 Å². The van der Waals surface area contributed by atoms with Gasteiger partial charge in [0.05, 0.1) is 5.71 Å². The highest BCUT2D eigenvalue weighted by molar-refractivity contribution is 5.98. The SMILES string of the molecule is CC(=NNO)c1ccccc1. The summed E-state index contributed by atoms with van der Waals surface area (Å²) in [4.78, 5) is 0. The number of hydrogen-bond donors (Lipinski definition) is 2. The van der Waals surface area contributed by atoms with Crippen LogP contribution in [0.1, 0.15) is 12.5 Å². The fraction of sp³-hybridized carbons (Fsp3) is 0.125. The Morgan fingerprint density at radius 1 is 1.36 bits per heavy atom. The molecule has 0 saturated carbocycles. The minimum absolute atomic E-state index is 0.758. The monoisotopic (exact) mass is 150 g/mol. The highest BCUT2D eigenvalue weighted by Crippen LogP contribution is 1.99. The first kappa shape index (κ1) is 7.75. The molecule has 1 aromatic rings. The van der Waals surface area contributed by atoms with Crippen molar-refractivity contribution in [3.8, 4) is 0 Å². The van der Waals surface area contributed by atoms with Crippen molar-refractivity contribution in [3.05, 3.63) is 35.9 Å². The molecule has 58 valence electrons. The summed E-state index contributed by atoms with van der Waals surface area (Å²) in [6.07, 6.45) is 0. The van der Waals surface area contributed by atoms with Crippen molar-refractivity contribution in [1.82, 2.24) is 5.59 Å². The van der Waals surface area contributed by atoms with E-state index in [0.717, 1.165) is 11.3 Å². The van der Waals surface area contributed by atoms with Crippen LogP contribution in [0.3, 0.4) is 0 Å². The molecule has 0 aliphatic carbocycles. The van der Waals surface area contributed by atoms with Gasteiger partial charge in [-0.15, -0.1) is 0 Å². The Morgan fingerprint density at radius 2 is 2.00 bits per heavy atom. The molecular formula is C8H10N2O. The summed E-state index contributed by atoms with van der Waals surface area (Å²) < 4.78 is 0. The molecule has 0 saturated heterocycles. The fourth-order valence-electron chi connectivity index (χ4n) is 0.819. The average Bonchev–Trinajstić information content (AvgIpc) is 2.07. The molecular weight excluding hydrogens is 140 g/mol. The highest BCUT2D eigenvalue weighted by atomic mass is 16.5. The summed E-state index contributed by atoms with van der Waals surface area (Å²) in [5.41, 5.74) is 3.51. The number of nitrogens with one attached hydrogen (secondary N) is 1. The van der Waals surface area contributed by atoms with E-state index < -0.39 is 0 Å². The molecule has 11 heavy (non-hydrogen) atoms. The molecule has 1 aromatic carbocycles. The van der Waals surface area contributed by atoms with Crippen molar-refractivity contribution in [1.29, 1.82) is 0 Å². The number of nitrogens with zero attached hydrogens (tertiary/aromatic N) is 1. The van der Waals surface area contributed by atoms with Gasteiger partial charge in [0.25, 0.3) is 0 Å². The number of rotatable bonds is 2. The van der Waals surface area contributed by atoms with Crippen LogP contribution in [0.25, 0.3) is 0 Å². The molecule has 0 spiro atoms. The molecule has 0 radical (unpaired) electrons. The minimum atomic E-state index is 0.758. The Bertz CT molecular complexity index is 244. The van der Waals surface area contributed by atoms with E-state index in [9.17, 15) is 0 Å². The van der Waals surface area contributed by atoms with E-state index in [1.807, 2.05) is 37.3 Å². The molecule has 0 fully saturated rings. The minimum Gasteiger partial charge on any atom is -0.274 e. The van der Waals surface area contributed by atoms with Crippen molar-refractivity contribution in [2.75, 3.05) is 0 Å². The molecule has 0 heterocycles. The summed E-state index contributed by atoms with van der Waals surface area (Å²) in [7, 11) is 0. The fourth-order valence-corrected chi connectivity index (χ4v) is 0.819. The molecule has 0 unspecified atom stereocenters. The molecule has 0 atom stereocenters. The zero-order chi connectivity index (χ0) is 8.10. The molecule has 0 bridgehead atoms. The van der Waals surface area contributed by atoms with E-state index in [0.29, 0.717) is 0 Å². The van der Waals surface area contributed by atoms with Gasteiger partial charge in [-0.2, -0.15) is 10.7 Å². The summed E-state index contributed by atoms with van der Waals surface area (Å²) >= 11 is 0. The van der Waals surface area contributed by atoms with Crippen LogP contribution in [-0.4, -0.2) is 10.9 Å². The summed E-state index contributed by atoms with van der Waals surface area (Å²) in [5, 5.41) is 11.9. The molecule has 3 nitrogen and oxygen atoms in total. The summed E-state index contributed by atoms with van der Waals surface area (Å²) in [6.45, 7) is 1.82. The van der Waals surface area contributed by atoms with Crippen molar-refractivity contribution >= 4 is 5.71 Å². The summed E-state index contributed by atoms with van der Waals surface area (Å²) in [5.74, 6) is 0. The maximum absolute atomic E-state index is 8.26. The predicted molar refractivity (Wildman–Crippen MR) is 43.6 cm³/mol. The van der Waals surface area contributed by atoms with Gasteiger partial charge in [0.2, 0.25) is 0 Å². The first-order valence-electron chi connectivity index (χ1n) is 3.33. The third kappa shape index (κ3) is 2.05. The normalized spacial score (nSPS) is 11.3. The zero-order valence-electron chi connectivity index (χ0n) is 6.28. The molecule has 0 aliphatic rings. The van der Waals surface area contributed by atoms with E-state index >= 15 is 0 Å². The van der Waals surface area contributed by atoms with E-state index in [-0.39, 0.29) is 0 Å². The Labute approximate surface area is 65.3 Å². The van der Waals surface area contributed by atoms with Crippen molar-refractivity contribution in [3.63, 3.8) is 0 Å². The van der Waals surface area contributed by atoms with Gasteiger partial charge in [0, 0.05) is 0 Å². The predicted octanol–water partition coefficient (Wildman–Crippen LogP) is 1.39. The second kappa shape index (κ2) is 3.73. The first-order valence-corrected chi connectivity index (χ1v) is 3.33. The third-order valence-electron chi connectivity index (χ3n) is 1.41. The van der Waals surface area contributed by atoms with Crippen LogP contribution < -0.4 is 5.59 Å². The van der Waals surface area contributed by atoms with Gasteiger partial charge in [0.1, 0.15) is 0 Å². The second-order valence-corrected chi connectivity index (χ2v) is 2.16. The lowest BCUT2D eigenvalue weighted by atomic mass is 10.1. The lowest BCUT2D eigenvalue weighted by molar-refractivity contribution is 0.172. The van der Waals surface area contributed by atoms with Crippen LogP contribution in [0.4, 0.5) is 0 Å². The maximum Gasteiger partial charge on any atom is 0.0669 e. The van der Waals surface area contributed by atoms with Crippen LogP contribution in [0.15, 0.2) is 35.4 Å². The quantitative estimate of drug-likeness (QED) is 0.494. The van der Waals surface area contributed by atoms with Gasteiger partial charge in [-0.3, -0.25) is 5.21 Å². The largest absolute Gasteiger partial charge is 0.274 e. The lowest BCUT2D eigenvalue weighted by Gasteiger charge is -1.97. The lowest BCUT2D eigenvalue weighted by Crippen LogP contribution is -2.03. The van der Waals surface area contributed by atoms with Crippen LogP contribution >= 0.6 is 0 Å². The molecule has 0 aliphatic heterocycles. The Balaban J connectivity index is 2.85. The van der Waals surface area contributed by atoms with Crippen molar-refractivity contribution < 1.29 is 5.21 Å². The van der Waals surface area contributed by atoms with E-state index in [2.05, 4.69) is 5.10 Å². The Hall–Kier alpha value is -1.35. The first-order chi connectivity index (χ1) is 5.34. The van der Waals surface area contributed by atoms with Gasteiger partial charge in [-0.25, -0.2) is 0 Å². The van der Waals surface area contributed by atoms with E-state index in [1.165, 1.54) is 0 Å². The van der Waals surface area contributed by atoms with Crippen LogP contribution in [0.5, 0.6) is 0 Å². The Kier molecular flexibility index (Phi) is 2.63. The highest BCUT2D eigenvalue weighted by Gasteiger charge is 1.92. The maximum atomic E-state index is 8.26. The van der Waals surface area contributed by atoms with Gasteiger partial charge < -0.3 is 0 Å². The smallest absolute Gasteiger partial charge is 0.0669 e. The molecule has 3 heteroatoms. The molecule has 1 rings (SSSR count). The average molecular weight is 150 g/mol. The van der Waals surface area contributed by atoms with Crippen LogP contribution in [0, 0.1) is 0 Å². The van der Waals surface area contributed by atoms with E-state index in [4.69, 9.17) is 5.21 Å². The third-order valence-corrected chi connectivity index (χ3v) is 1.41. The molecule has 0 aromatic heterocycles. The number of hydrogen-bond acceptors (Lipinski definition) is 3.